The van der Waals surface area contributed by atoms with Gasteiger partial charge in [-0.1, -0.05) is 17.3 Å². The fourth-order valence-corrected chi connectivity index (χ4v) is 0.775. The standard InChI is InChI=1S/C10H10FNO2/c1-8(13)7-14-12-6-9-2-4-10(11)5-3-9/h2-6H,7H2,1H3/b12-6-/i11-1. The number of benzene rings is 1. The van der Waals surface area contributed by atoms with Crippen LogP contribution >= 0.6 is 0 Å². The average Bonchev–Trinajstić information content (AvgIpc) is 2.15. The number of nitrogens with zero attached hydrogens (tertiary/aromatic N) is 1. The molecule has 0 unspecified atom stereocenters. The second-order valence-corrected chi connectivity index (χ2v) is 2.76. The molecule has 0 aliphatic rings. The lowest BCUT2D eigenvalue weighted by Crippen LogP contribution is -1.99. The largest absolute Gasteiger partial charge is 0.388 e. The third-order valence-electron chi connectivity index (χ3n) is 1.41. The van der Waals surface area contributed by atoms with E-state index in [-0.39, 0.29) is 18.2 Å². The molecule has 0 N–H and O–H groups in total. The molecule has 0 atom stereocenters. The molecule has 0 aliphatic carbocycles. The highest BCUT2D eigenvalue weighted by molar-refractivity contribution is 5.79. The van der Waals surface area contributed by atoms with Crippen molar-refractivity contribution in [2.24, 2.45) is 5.16 Å². The van der Waals surface area contributed by atoms with Crippen molar-refractivity contribution in [3.63, 3.8) is 0 Å². The maximum absolute atomic E-state index is 12.5. The maximum Gasteiger partial charge on any atom is 0.174 e. The van der Waals surface area contributed by atoms with Gasteiger partial charge in [0.2, 0.25) is 0 Å². The first-order valence-electron chi connectivity index (χ1n) is 4.09. The minimum absolute atomic E-state index is 0.0440. The number of carbonyl (C=O) groups is 1. The van der Waals surface area contributed by atoms with Crippen molar-refractivity contribution in [3.05, 3.63) is 35.6 Å². The van der Waals surface area contributed by atoms with Gasteiger partial charge < -0.3 is 4.84 Å². The van der Waals surface area contributed by atoms with Crippen molar-refractivity contribution in [1.82, 2.24) is 0 Å². The Balaban J connectivity index is 2.44. The van der Waals surface area contributed by atoms with E-state index in [1.54, 1.807) is 12.1 Å². The van der Waals surface area contributed by atoms with Gasteiger partial charge in [-0.25, -0.2) is 4.39 Å². The van der Waals surface area contributed by atoms with Crippen molar-refractivity contribution in [1.29, 1.82) is 0 Å². The lowest BCUT2D eigenvalue weighted by molar-refractivity contribution is -0.121. The van der Waals surface area contributed by atoms with Crippen LogP contribution in [0.1, 0.15) is 12.5 Å². The number of rotatable bonds is 4. The molecule has 0 aromatic heterocycles. The zero-order valence-corrected chi connectivity index (χ0v) is 7.74. The fourth-order valence-electron chi connectivity index (χ4n) is 0.775. The molecule has 1 aromatic rings. The molecule has 3 nitrogen and oxygen atoms in total. The average molecular weight is 194 g/mol. The van der Waals surface area contributed by atoms with Gasteiger partial charge in [-0.3, -0.25) is 4.79 Å². The molecular weight excluding hydrogens is 184 g/mol. The van der Waals surface area contributed by atoms with Gasteiger partial charge in [-0.2, -0.15) is 0 Å². The van der Waals surface area contributed by atoms with Crippen molar-refractivity contribution in [2.45, 2.75) is 6.92 Å². The molecule has 0 fully saturated rings. The molecule has 0 amide bonds. The lowest BCUT2D eigenvalue weighted by Gasteiger charge is -1.94. The topological polar surface area (TPSA) is 38.7 Å². The first-order chi connectivity index (χ1) is 6.68. The smallest absolute Gasteiger partial charge is 0.174 e. The molecule has 0 spiro atoms. The quantitative estimate of drug-likeness (QED) is 0.541. The summed E-state index contributed by atoms with van der Waals surface area (Å²) in [5.41, 5.74) is 0.718. The number of hydrogen-bond acceptors (Lipinski definition) is 3. The Labute approximate surface area is 81.2 Å². The highest BCUT2D eigenvalue weighted by atomic mass is 18.2. The molecule has 0 heterocycles. The molecule has 14 heavy (non-hydrogen) atoms. The minimum Gasteiger partial charge on any atom is -0.388 e. The van der Waals surface area contributed by atoms with E-state index in [9.17, 15) is 9.18 Å². The Hall–Kier alpha value is -1.71. The van der Waals surface area contributed by atoms with E-state index >= 15 is 0 Å². The number of halogens is 1. The summed E-state index contributed by atoms with van der Waals surface area (Å²) in [4.78, 5) is 15.1. The summed E-state index contributed by atoms with van der Waals surface area (Å²) in [6.07, 6.45) is 1.42. The van der Waals surface area contributed by atoms with Crippen LogP contribution in [-0.2, 0) is 9.63 Å². The predicted octanol–water partition coefficient (Wildman–Crippen LogP) is 1.77. The number of carbonyl (C=O) groups excluding carboxylic acids is 1. The number of hydrogen-bond donors (Lipinski definition) is 0. The van der Waals surface area contributed by atoms with Crippen LogP contribution in [0.2, 0.25) is 0 Å². The summed E-state index contributed by atoms with van der Waals surface area (Å²) < 4.78 is 12.5. The Morgan fingerprint density at radius 3 is 2.71 bits per heavy atom. The van der Waals surface area contributed by atoms with Gasteiger partial charge in [0.05, 0.1) is 6.21 Å². The molecule has 0 saturated carbocycles. The third kappa shape index (κ3) is 3.80. The molecule has 4 heteroatoms. The summed E-state index contributed by atoms with van der Waals surface area (Å²) in [5.74, 6) is -0.395. The van der Waals surface area contributed by atoms with Crippen LogP contribution in [0.5, 0.6) is 0 Å². The molecule has 1 rings (SSSR count). The summed E-state index contributed by atoms with van der Waals surface area (Å²) in [6.45, 7) is 1.37. The van der Waals surface area contributed by atoms with E-state index in [0.717, 1.165) is 5.56 Å². The van der Waals surface area contributed by atoms with Crippen molar-refractivity contribution in [2.75, 3.05) is 6.61 Å². The summed E-state index contributed by atoms with van der Waals surface area (Å²) in [7, 11) is 0. The van der Waals surface area contributed by atoms with Gasteiger partial charge in [0.25, 0.3) is 0 Å². The second-order valence-electron chi connectivity index (χ2n) is 2.76. The van der Waals surface area contributed by atoms with Crippen molar-refractivity contribution < 1.29 is 14.0 Å². The fraction of sp³-hybridized carbons (Fsp3) is 0.200. The monoisotopic (exact) mass is 194 g/mol. The zero-order valence-electron chi connectivity index (χ0n) is 7.74. The summed E-state index contributed by atoms with van der Waals surface area (Å²) >= 11 is 0. The Morgan fingerprint density at radius 1 is 1.50 bits per heavy atom. The van der Waals surface area contributed by atoms with E-state index < -0.39 is 0 Å². The van der Waals surface area contributed by atoms with E-state index in [0.29, 0.717) is 0 Å². The number of Topliss-reactive ketones (excluding diaryl/α,β-unsaturated/α-hetero) is 1. The highest BCUT2D eigenvalue weighted by Crippen LogP contribution is 1.99. The van der Waals surface area contributed by atoms with Crippen molar-refractivity contribution >= 4 is 12.0 Å². The molecular formula is C10H10FNO2. The zero-order chi connectivity index (χ0) is 10.4. The molecule has 74 valence electrons. The summed E-state index contributed by atoms with van der Waals surface area (Å²) in [6, 6.07) is 5.78. The van der Waals surface area contributed by atoms with Crippen LogP contribution in [0, 0.1) is 5.82 Å². The van der Waals surface area contributed by atoms with E-state index in [1.807, 2.05) is 0 Å². The second kappa shape index (κ2) is 5.11. The van der Waals surface area contributed by atoms with Crippen molar-refractivity contribution in [3.8, 4) is 0 Å². The van der Waals surface area contributed by atoms with E-state index in [1.165, 1.54) is 25.3 Å². The van der Waals surface area contributed by atoms with Crippen LogP contribution in [0.15, 0.2) is 29.4 Å². The summed E-state index contributed by atoms with van der Waals surface area (Å²) in [5, 5.41) is 3.54. The van der Waals surface area contributed by atoms with Gasteiger partial charge in [-0.15, -0.1) is 0 Å². The van der Waals surface area contributed by atoms with Gasteiger partial charge in [-0.05, 0) is 24.6 Å². The van der Waals surface area contributed by atoms with Crippen LogP contribution in [0.3, 0.4) is 0 Å². The van der Waals surface area contributed by atoms with Crippen LogP contribution in [0.25, 0.3) is 0 Å². The Bertz CT molecular complexity index is 332. The van der Waals surface area contributed by atoms with Gasteiger partial charge in [0, 0.05) is 0 Å². The normalized spacial score (nSPS) is 10.4. The third-order valence-corrected chi connectivity index (χ3v) is 1.41. The van der Waals surface area contributed by atoms with Gasteiger partial charge >= 0.3 is 0 Å². The molecule has 0 saturated heterocycles. The molecule has 1 aromatic carbocycles. The SMILES string of the molecule is CC(=O)CO/N=C\c1ccc([18F])cc1. The predicted molar refractivity (Wildman–Crippen MR) is 50.6 cm³/mol. The first-order valence-corrected chi connectivity index (χ1v) is 4.09. The lowest BCUT2D eigenvalue weighted by atomic mass is 10.2. The molecule has 0 aliphatic heterocycles. The number of oxime groups is 1. The number of ketones is 1. The van der Waals surface area contributed by atoms with Gasteiger partial charge in [0.15, 0.2) is 12.4 Å². The first kappa shape index (κ1) is 10.4. The molecule has 0 bridgehead atoms. The molecule has 0 radical (unpaired) electrons. The Kier molecular flexibility index (Phi) is 3.79. The van der Waals surface area contributed by atoms with E-state index in [2.05, 4.69) is 9.99 Å². The van der Waals surface area contributed by atoms with E-state index in [4.69, 9.17) is 0 Å². The Morgan fingerprint density at radius 2 is 2.14 bits per heavy atom. The minimum atomic E-state index is -0.299. The van der Waals surface area contributed by atoms with Crippen LogP contribution in [-0.4, -0.2) is 18.6 Å². The highest BCUT2D eigenvalue weighted by Gasteiger charge is 1.91. The maximum atomic E-state index is 12.5. The van der Waals surface area contributed by atoms with Crippen LogP contribution < -0.4 is 0 Å². The van der Waals surface area contributed by atoms with Crippen LogP contribution in [0.4, 0.5) is 4.39 Å². The van der Waals surface area contributed by atoms with Gasteiger partial charge in [0.1, 0.15) is 5.82 Å².